The molecule has 2 N–H and O–H groups in total. The summed E-state index contributed by atoms with van der Waals surface area (Å²) in [6.07, 6.45) is 9.45. The Morgan fingerprint density at radius 1 is 0.957 bits per heavy atom. The summed E-state index contributed by atoms with van der Waals surface area (Å²) < 4.78 is 0. The first kappa shape index (κ1) is 16.0. The molecule has 0 bridgehead atoms. The number of allylic oxidation sites excluding steroid dienone is 5. The van der Waals surface area contributed by atoms with Crippen LogP contribution in [0.25, 0.3) is 5.57 Å². The van der Waals surface area contributed by atoms with Crippen molar-refractivity contribution in [1.29, 1.82) is 0 Å². The maximum atomic E-state index is 5.96. The van der Waals surface area contributed by atoms with E-state index >= 15 is 0 Å². The van der Waals surface area contributed by atoms with E-state index in [1.54, 1.807) is 0 Å². The number of nitrogens with two attached hydrogens (primary N) is 1. The van der Waals surface area contributed by atoms with Gasteiger partial charge in [0.1, 0.15) is 0 Å². The van der Waals surface area contributed by atoms with Gasteiger partial charge in [-0.25, -0.2) is 5.01 Å². The largest absolute Gasteiger partial charge is 0.269 e. The average molecular weight is 306 g/mol. The number of aryl methyl sites for hydroxylation is 1. The Hall–Kier alpha value is -1.90. The zero-order chi connectivity index (χ0) is 16.2. The van der Waals surface area contributed by atoms with E-state index < -0.39 is 0 Å². The molecule has 1 heterocycles. The molecule has 0 saturated carbocycles. The second kappa shape index (κ2) is 7.12. The maximum Gasteiger partial charge on any atom is 0.0166 e. The van der Waals surface area contributed by atoms with Crippen LogP contribution in [0, 0.1) is 0 Å². The molecule has 1 aromatic rings. The van der Waals surface area contributed by atoms with Gasteiger partial charge in [-0.3, -0.25) is 5.84 Å². The first-order valence-electron chi connectivity index (χ1n) is 8.53. The lowest BCUT2D eigenvalue weighted by Gasteiger charge is -2.29. The number of piperidine rings is 1. The Morgan fingerprint density at radius 3 is 2.39 bits per heavy atom. The van der Waals surface area contributed by atoms with E-state index in [4.69, 9.17) is 5.84 Å². The summed E-state index contributed by atoms with van der Waals surface area (Å²) in [7, 11) is 0. The molecule has 120 valence electrons. The number of hydrogen-bond donors (Lipinski definition) is 1. The highest BCUT2D eigenvalue weighted by Gasteiger charge is 2.22. The number of hydrazine groups is 1. The van der Waals surface area contributed by atoms with Crippen LogP contribution in [0.2, 0.25) is 0 Å². The first-order valence-corrected chi connectivity index (χ1v) is 8.53. The highest BCUT2D eigenvalue weighted by molar-refractivity contribution is 5.87. The zero-order valence-corrected chi connectivity index (χ0v) is 13.9. The van der Waals surface area contributed by atoms with Crippen LogP contribution in [0.4, 0.5) is 0 Å². The summed E-state index contributed by atoms with van der Waals surface area (Å²) in [5, 5.41) is 1.92. The lowest BCUT2D eigenvalue weighted by Crippen LogP contribution is -2.36. The van der Waals surface area contributed by atoms with Crippen molar-refractivity contribution in [3.05, 3.63) is 77.4 Å². The molecular formula is C21H26N2. The molecule has 1 aromatic carbocycles. The van der Waals surface area contributed by atoms with E-state index in [0.29, 0.717) is 0 Å². The molecule has 0 amide bonds. The Kier molecular flexibility index (Phi) is 4.94. The van der Waals surface area contributed by atoms with Crippen LogP contribution in [0.3, 0.4) is 0 Å². The van der Waals surface area contributed by atoms with E-state index in [0.717, 1.165) is 45.2 Å². The predicted molar refractivity (Wildman–Crippen MR) is 98.7 cm³/mol. The second-order valence-electron chi connectivity index (χ2n) is 6.37. The third-order valence-corrected chi connectivity index (χ3v) is 5.00. The fourth-order valence-electron chi connectivity index (χ4n) is 3.76. The van der Waals surface area contributed by atoms with Crippen molar-refractivity contribution in [2.24, 2.45) is 5.84 Å². The van der Waals surface area contributed by atoms with Crippen molar-refractivity contribution in [2.45, 2.75) is 32.1 Å². The number of fused-ring (bicyclic) bond motifs is 1. The van der Waals surface area contributed by atoms with E-state index in [1.165, 1.54) is 33.4 Å². The Bertz CT molecular complexity index is 669. The van der Waals surface area contributed by atoms with E-state index in [9.17, 15) is 0 Å². The van der Waals surface area contributed by atoms with Gasteiger partial charge in [0, 0.05) is 13.1 Å². The Labute approximate surface area is 139 Å². The normalized spacial score (nSPS) is 23.0. The van der Waals surface area contributed by atoms with Gasteiger partial charge in [0.05, 0.1) is 0 Å². The first-order chi connectivity index (χ1) is 11.2. The molecule has 2 aliphatic rings. The molecule has 0 unspecified atom stereocenters. The standard InChI is InChI=1S/C21H26N2/c1-3-16-9-7-10-17-8-5-6-11-20(17)21(19(16)4-2)18-12-14-23(22)15-13-18/h3-6,8,11H,1-2,7,9-10,12-15,22H2/b19-16-. The second-order valence-corrected chi connectivity index (χ2v) is 6.37. The summed E-state index contributed by atoms with van der Waals surface area (Å²) in [6.45, 7) is 10.0. The fourth-order valence-corrected chi connectivity index (χ4v) is 3.76. The Balaban J connectivity index is 2.23. The number of nitrogens with zero attached hydrogens (tertiary/aromatic N) is 1. The van der Waals surface area contributed by atoms with Gasteiger partial charge in [0.25, 0.3) is 0 Å². The van der Waals surface area contributed by atoms with Gasteiger partial charge in [-0.05, 0) is 60.0 Å². The van der Waals surface area contributed by atoms with Gasteiger partial charge in [-0.2, -0.15) is 0 Å². The van der Waals surface area contributed by atoms with Gasteiger partial charge in [0.2, 0.25) is 0 Å². The molecule has 0 atom stereocenters. The number of hydrogen-bond acceptors (Lipinski definition) is 2. The van der Waals surface area contributed by atoms with Gasteiger partial charge in [-0.15, -0.1) is 0 Å². The summed E-state index contributed by atoms with van der Waals surface area (Å²) in [6, 6.07) is 8.83. The van der Waals surface area contributed by atoms with Crippen LogP contribution >= 0.6 is 0 Å². The number of benzene rings is 1. The van der Waals surface area contributed by atoms with Crippen molar-refractivity contribution in [1.82, 2.24) is 5.01 Å². The monoisotopic (exact) mass is 306 g/mol. The smallest absolute Gasteiger partial charge is 0.0166 e. The highest BCUT2D eigenvalue weighted by Crippen LogP contribution is 2.38. The molecule has 0 aromatic heterocycles. The van der Waals surface area contributed by atoms with E-state index in [1.807, 2.05) is 17.2 Å². The molecule has 2 heteroatoms. The summed E-state index contributed by atoms with van der Waals surface area (Å²) in [4.78, 5) is 0. The molecule has 1 aliphatic heterocycles. The minimum Gasteiger partial charge on any atom is -0.269 e. The van der Waals surface area contributed by atoms with Crippen LogP contribution in [0.1, 0.15) is 36.8 Å². The molecule has 0 spiro atoms. The van der Waals surface area contributed by atoms with Crippen molar-refractivity contribution in [2.75, 3.05) is 13.1 Å². The van der Waals surface area contributed by atoms with Crippen LogP contribution < -0.4 is 5.84 Å². The number of rotatable bonds is 2. The lowest BCUT2D eigenvalue weighted by atomic mass is 9.80. The quantitative estimate of drug-likeness (QED) is 0.820. The van der Waals surface area contributed by atoms with Gasteiger partial charge in [0.15, 0.2) is 0 Å². The molecule has 0 radical (unpaired) electrons. The predicted octanol–water partition coefficient (Wildman–Crippen LogP) is 4.41. The van der Waals surface area contributed by atoms with Gasteiger partial charge in [-0.1, -0.05) is 55.1 Å². The minimum absolute atomic E-state index is 0.925. The third-order valence-electron chi connectivity index (χ3n) is 5.00. The zero-order valence-electron chi connectivity index (χ0n) is 13.9. The molecule has 2 nitrogen and oxygen atoms in total. The average Bonchev–Trinajstić information content (AvgIpc) is 2.57. The Morgan fingerprint density at radius 2 is 1.70 bits per heavy atom. The van der Waals surface area contributed by atoms with Crippen LogP contribution in [-0.2, 0) is 6.42 Å². The maximum absolute atomic E-state index is 5.96. The lowest BCUT2D eigenvalue weighted by molar-refractivity contribution is 0.265. The van der Waals surface area contributed by atoms with Crippen molar-refractivity contribution < 1.29 is 0 Å². The van der Waals surface area contributed by atoms with Crippen molar-refractivity contribution >= 4 is 5.57 Å². The van der Waals surface area contributed by atoms with Crippen LogP contribution in [0.5, 0.6) is 0 Å². The molecule has 1 fully saturated rings. The summed E-state index contributed by atoms with van der Waals surface area (Å²) >= 11 is 0. The SMILES string of the molecule is C=C/C1=C(\C=C)C(=C2CCN(N)CC2)c2ccccc2CCC1. The topological polar surface area (TPSA) is 29.3 Å². The molecular weight excluding hydrogens is 280 g/mol. The fraction of sp³-hybridized carbons (Fsp3) is 0.333. The van der Waals surface area contributed by atoms with Crippen molar-refractivity contribution in [3.8, 4) is 0 Å². The minimum atomic E-state index is 0.925. The van der Waals surface area contributed by atoms with Crippen molar-refractivity contribution in [3.63, 3.8) is 0 Å². The molecule has 3 rings (SSSR count). The van der Waals surface area contributed by atoms with E-state index in [2.05, 4.69) is 37.4 Å². The van der Waals surface area contributed by atoms with Gasteiger partial charge >= 0.3 is 0 Å². The van der Waals surface area contributed by atoms with E-state index in [-0.39, 0.29) is 0 Å². The molecule has 1 saturated heterocycles. The summed E-state index contributed by atoms with van der Waals surface area (Å²) in [5.74, 6) is 5.96. The van der Waals surface area contributed by atoms with Crippen LogP contribution in [-0.4, -0.2) is 18.1 Å². The van der Waals surface area contributed by atoms with Gasteiger partial charge < -0.3 is 0 Å². The summed E-state index contributed by atoms with van der Waals surface area (Å²) in [5.41, 5.74) is 8.32. The third kappa shape index (κ3) is 3.24. The highest BCUT2D eigenvalue weighted by atomic mass is 15.4. The molecule has 23 heavy (non-hydrogen) atoms. The van der Waals surface area contributed by atoms with Crippen LogP contribution in [0.15, 0.2) is 66.3 Å². The molecule has 1 aliphatic carbocycles.